The first-order valence-electron chi connectivity index (χ1n) is 5.62. The molecule has 0 amide bonds. The van der Waals surface area contributed by atoms with Gasteiger partial charge in [0.1, 0.15) is 11.5 Å². The Labute approximate surface area is 108 Å². The summed E-state index contributed by atoms with van der Waals surface area (Å²) in [6.45, 7) is 1.97. The molecule has 0 saturated heterocycles. The molecule has 0 spiro atoms. The van der Waals surface area contributed by atoms with Crippen molar-refractivity contribution in [3.63, 3.8) is 0 Å². The number of nitrogens with one attached hydrogen (secondary N) is 1. The molecule has 0 aliphatic carbocycles. The molecule has 0 saturated carbocycles. The first kappa shape index (κ1) is 12.8. The van der Waals surface area contributed by atoms with Gasteiger partial charge in [0.15, 0.2) is 0 Å². The Hall–Kier alpha value is -2.64. The van der Waals surface area contributed by atoms with Gasteiger partial charge in [-0.15, -0.1) is 0 Å². The topological polar surface area (TPSA) is 120 Å². The highest BCUT2D eigenvalue weighted by Gasteiger charge is 2.21. The third-order valence-electron chi connectivity index (χ3n) is 2.50. The summed E-state index contributed by atoms with van der Waals surface area (Å²) in [6, 6.07) is 3.61. The molecule has 8 nitrogen and oxygen atoms in total. The smallest absolute Gasteiger partial charge is 0.332 e. The molecule has 0 bridgehead atoms. The Bertz CT molecular complexity index is 582. The van der Waals surface area contributed by atoms with E-state index in [0.29, 0.717) is 13.0 Å². The zero-order chi connectivity index (χ0) is 13.8. The lowest BCUT2D eigenvalue weighted by molar-refractivity contribution is -0.385. The largest absolute Gasteiger partial charge is 0.469 e. The number of hydrogen-bond donors (Lipinski definition) is 2. The van der Waals surface area contributed by atoms with E-state index in [1.54, 1.807) is 12.3 Å². The van der Waals surface area contributed by atoms with Gasteiger partial charge in [0.05, 0.1) is 11.2 Å². The number of nitrogen functional groups attached to an aromatic ring is 1. The summed E-state index contributed by atoms with van der Waals surface area (Å²) < 4.78 is 5.17. The Morgan fingerprint density at radius 2 is 2.32 bits per heavy atom. The van der Waals surface area contributed by atoms with Crippen molar-refractivity contribution >= 4 is 17.5 Å². The molecule has 100 valence electrons. The minimum atomic E-state index is -0.524. The van der Waals surface area contributed by atoms with Crippen LogP contribution in [-0.4, -0.2) is 21.4 Å². The fourth-order valence-corrected chi connectivity index (χ4v) is 1.69. The van der Waals surface area contributed by atoms with Crippen molar-refractivity contribution in [2.24, 2.45) is 0 Å². The van der Waals surface area contributed by atoms with Gasteiger partial charge in [-0.25, -0.2) is 4.98 Å². The summed E-state index contributed by atoms with van der Waals surface area (Å²) in [5, 5.41) is 13.9. The normalized spacial score (nSPS) is 10.4. The van der Waals surface area contributed by atoms with Gasteiger partial charge in [0, 0.05) is 13.0 Å². The van der Waals surface area contributed by atoms with E-state index in [-0.39, 0.29) is 23.1 Å². The Morgan fingerprint density at radius 1 is 1.53 bits per heavy atom. The number of aryl methyl sites for hydroxylation is 1. The third kappa shape index (κ3) is 2.97. The summed E-state index contributed by atoms with van der Waals surface area (Å²) in [4.78, 5) is 18.1. The van der Waals surface area contributed by atoms with Crippen LogP contribution in [0, 0.1) is 17.0 Å². The van der Waals surface area contributed by atoms with Crippen LogP contribution in [0.4, 0.5) is 17.5 Å². The van der Waals surface area contributed by atoms with Crippen molar-refractivity contribution in [2.75, 3.05) is 17.6 Å². The van der Waals surface area contributed by atoms with E-state index in [1.165, 1.54) is 6.92 Å². The first-order chi connectivity index (χ1) is 9.08. The van der Waals surface area contributed by atoms with Gasteiger partial charge in [-0.05, 0) is 19.1 Å². The van der Waals surface area contributed by atoms with Crippen molar-refractivity contribution in [3.8, 4) is 0 Å². The van der Waals surface area contributed by atoms with Crippen LogP contribution in [0.15, 0.2) is 22.8 Å². The maximum absolute atomic E-state index is 11.0. The lowest BCUT2D eigenvalue weighted by Gasteiger charge is -2.07. The van der Waals surface area contributed by atoms with Crippen molar-refractivity contribution in [3.05, 3.63) is 40.0 Å². The van der Waals surface area contributed by atoms with Crippen LogP contribution in [0.1, 0.15) is 11.5 Å². The molecule has 3 N–H and O–H groups in total. The molecule has 19 heavy (non-hydrogen) atoms. The van der Waals surface area contributed by atoms with Crippen LogP contribution in [0.5, 0.6) is 0 Å². The number of rotatable bonds is 5. The van der Waals surface area contributed by atoms with E-state index < -0.39 is 4.92 Å². The molecule has 2 heterocycles. The molecule has 2 aromatic heterocycles. The molecule has 0 atom stereocenters. The van der Waals surface area contributed by atoms with E-state index in [0.717, 1.165) is 5.76 Å². The van der Waals surface area contributed by atoms with Crippen LogP contribution in [-0.2, 0) is 6.42 Å². The highest BCUT2D eigenvalue weighted by Crippen LogP contribution is 2.25. The van der Waals surface area contributed by atoms with E-state index in [9.17, 15) is 10.1 Å². The number of anilines is 2. The fourth-order valence-electron chi connectivity index (χ4n) is 1.69. The van der Waals surface area contributed by atoms with E-state index in [4.69, 9.17) is 10.2 Å². The monoisotopic (exact) mass is 263 g/mol. The van der Waals surface area contributed by atoms with Gasteiger partial charge in [-0.1, -0.05) is 0 Å². The molecule has 0 fully saturated rings. The molecule has 0 aromatic carbocycles. The molecule has 2 rings (SSSR count). The number of hydrogen-bond acceptors (Lipinski definition) is 7. The molecule has 2 aromatic rings. The second kappa shape index (κ2) is 5.34. The average molecular weight is 263 g/mol. The average Bonchev–Trinajstić information content (AvgIpc) is 2.80. The van der Waals surface area contributed by atoms with Crippen molar-refractivity contribution in [2.45, 2.75) is 13.3 Å². The van der Waals surface area contributed by atoms with Crippen molar-refractivity contribution in [1.29, 1.82) is 0 Å². The number of nitrogens with zero attached hydrogens (tertiary/aromatic N) is 3. The van der Waals surface area contributed by atoms with Gasteiger partial charge < -0.3 is 15.5 Å². The minimum absolute atomic E-state index is 0.00333. The second-order valence-electron chi connectivity index (χ2n) is 3.88. The summed E-state index contributed by atoms with van der Waals surface area (Å²) in [5.41, 5.74) is 5.57. The van der Waals surface area contributed by atoms with E-state index in [1.807, 2.05) is 6.07 Å². The van der Waals surface area contributed by atoms with Gasteiger partial charge >= 0.3 is 5.69 Å². The Morgan fingerprint density at radius 3 is 2.95 bits per heavy atom. The number of nitro groups is 1. The zero-order valence-corrected chi connectivity index (χ0v) is 10.3. The quantitative estimate of drug-likeness (QED) is 0.619. The molecule has 8 heteroatoms. The lowest BCUT2D eigenvalue weighted by Crippen LogP contribution is -2.11. The van der Waals surface area contributed by atoms with E-state index >= 15 is 0 Å². The number of furan rings is 1. The molecule has 0 unspecified atom stereocenters. The SMILES string of the molecule is Cc1nc(N)nc(NCCc2ccco2)c1[N+](=O)[O-]. The fraction of sp³-hybridized carbons (Fsp3) is 0.273. The summed E-state index contributed by atoms with van der Waals surface area (Å²) in [7, 11) is 0. The van der Waals surface area contributed by atoms with Crippen LogP contribution in [0.3, 0.4) is 0 Å². The first-order valence-corrected chi connectivity index (χ1v) is 5.62. The molecule has 0 aliphatic rings. The Balaban J connectivity index is 2.12. The maximum atomic E-state index is 11.0. The third-order valence-corrected chi connectivity index (χ3v) is 2.50. The van der Waals surface area contributed by atoms with Crippen LogP contribution in [0.2, 0.25) is 0 Å². The zero-order valence-electron chi connectivity index (χ0n) is 10.3. The molecule has 0 aliphatic heterocycles. The van der Waals surface area contributed by atoms with Gasteiger partial charge in [0.25, 0.3) is 0 Å². The summed E-state index contributed by atoms with van der Waals surface area (Å²) in [5.74, 6) is 0.916. The highest BCUT2D eigenvalue weighted by atomic mass is 16.6. The van der Waals surface area contributed by atoms with Crippen molar-refractivity contribution in [1.82, 2.24) is 9.97 Å². The van der Waals surface area contributed by atoms with Gasteiger partial charge in [0.2, 0.25) is 11.8 Å². The molecule has 0 radical (unpaired) electrons. The maximum Gasteiger partial charge on any atom is 0.332 e. The molecular formula is C11H13N5O3. The van der Waals surface area contributed by atoms with Crippen LogP contribution in [0.25, 0.3) is 0 Å². The highest BCUT2D eigenvalue weighted by molar-refractivity contribution is 5.60. The predicted octanol–water partition coefficient (Wildman–Crippen LogP) is 1.52. The number of aromatic nitrogens is 2. The van der Waals surface area contributed by atoms with Crippen LogP contribution >= 0.6 is 0 Å². The number of nitrogens with two attached hydrogens (primary N) is 1. The minimum Gasteiger partial charge on any atom is -0.469 e. The van der Waals surface area contributed by atoms with Crippen molar-refractivity contribution < 1.29 is 9.34 Å². The van der Waals surface area contributed by atoms with Crippen LogP contribution < -0.4 is 11.1 Å². The Kier molecular flexibility index (Phi) is 3.60. The second-order valence-corrected chi connectivity index (χ2v) is 3.88. The lowest BCUT2D eigenvalue weighted by atomic mass is 10.3. The summed E-state index contributed by atoms with van der Waals surface area (Å²) in [6.07, 6.45) is 2.16. The van der Waals surface area contributed by atoms with E-state index in [2.05, 4.69) is 15.3 Å². The van der Waals surface area contributed by atoms with Gasteiger partial charge in [-0.2, -0.15) is 4.98 Å². The molecular weight excluding hydrogens is 250 g/mol. The van der Waals surface area contributed by atoms with Gasteiger partial charge in [-0.3, -0.25) is 10.1 Å². The predicted molar refractivity (Wildman–Crippen MR) is 68.7 cm³/mol. The summed E-state index contributed by atoms with van der Waals surface area (Å²) >= 11 is 0. The standard InChI is InChI=1S/C11H13N5O3/c1-7-9(16(17)18)10(15-11(12)14-7)13-5-4-8-3-2-6-19-8/h2-3,6H,4-5H2,1H3,(H3,12,13,14,15).